The Morgan fingerprint density at radius 1 is 1.30 bits per heavy atom. The van der Waals surface area contributed by atoms with Crippen LogP contribution in [0.25, 0.3) is 0 Å². The fourth-order valence-electron chi connectivity index (χ4n) is 4.68. The summed E-state index contributed by atoms with van der Waals surface area (Å²) in [6, 6.07) is 10.6. The number of nitrogens with one attached hydrogen (secondary N) is 1. The molecule has 1 aliphatic heterocycles. The van der Waals surface area contributed by atoms with Crippen molar-refractivity contribution in [2.45, 2.75) is 43.7 Å². The van der Waals surface area contributed by atoms with E-state index >= 15 is 0 Å². The first kappa shape index (κ1) is 20.7. The molecule has 0 radical (unpaired) electrons. The summed E-state index contributed by atoms with van der Waals surface area (Å²) < 4.78 is 11.0. The van der Waals surface area contributed by atoms with Crippen LogP contribution < -0.4 is 14.8 Å². The summed E-state index contributed by atoms with van der Waals surface area (Å²) in [5.41, 5.74) is 1.66. The van der Waals surface area contributed by atoms with Crippen LogP contribution >= 0.6 is 11.3 Å². The molecule has 30 heavy (non-hydrogen) atoms. The molecule has 0 unspecified atom stereocenters. The lowest BCUT2D eigenvalue weighted by atomic mass is 9.90. The Hall–Kier alpha value is -2.56. The molecule has 7 heteroatoms. The minimum atomic E-state index is -0.695. The van der Waals surface area contributed by atoms with E-state index in [2.05, 4.69) is 33.8 Å². The van der Waals surface area contributed by atoms with Crippen LogP contribution in [0, 0.1) is 11.3 Å². The van der Waals surface area contributed by atoms with Crippen molar-refractivity contribution in [1.29, 1.82) is 5.26 Å². The molecule has 2 aliphatic rings. The predicted molar refractivity (Wildman–Crippen MR) is 116 cm³/mol. The average molecular weight is 426 g/mol. The van der Waals surface area contributed by atoms with E-state index in [0.29, 0.717) is 5.75 Å². The van der Waals surface area contributed by atoms with Crippen molar-refractivity contribution in [2.24, 2.45) is 0 Å². The van der Waals surface area contributed by atoms with Crippen molar-refractivity contribution in [3.8, 4) is 17.6 Å². The molecule has 1 amide bonds. The number of rotatable bonds is 6. The minimum absolute atomic E-state index is 0.0269. The standard InChI is InChI=1S/C23H27N3O3S/c1-28-18-12-16-7-10-26(14-21(27)25-23(15-24)8-3-4-9-23)22(20-6-5-11-30-20)17(16)13-19(18)29-2/h5-6,11-13,22H,3-4,7-10,14H2,1-2H3,(H,25,27)/t22-/m0/s1. The van der Waals surface area contributed by atoms with Gasteiger partial charge < -0.3 is 14.8 Å². The van der Waals surface area contributed by atoms with Crippen molar-refractivity contribution in [3.05, 3.63) is 45.6 Å². The van der Waals surface area contributed by atoms with E-state index in [1.165, 1.54) is 10.4 Å². The fourth-order valence-corrected chi connectivity index (χ4v) is 5.56. The van der Waals surface area contributed by atoms with Gasteiger partial charge in [0, 0.05) is 11.4 Å². The first-order valence-corrected chi connectivity index (χ1v) is 11.2. The van der Waals surface area contributed by atoms with Crippen LogP contribution in [-0.2, 0) is 11.2 Å². The van der Waals surface area contributed by atoms with E-state index in [-0.39, 0.29) is 18.5 Å². The van der Waals surface area contributed by atoms with E-state index in [1.54, 1.807) is 25.6 Å². The third-order valence-corrected chi connectivity index (χ3v) is 7.11. The molecule has 0 saturated heterocycles. The summed E-state index contributed by atoms with van der Waals surface area (Å²) in [4.78, 5) is 16.3. The molecular weight excluding hydrogens is 398 g/mol. The van der Waals surface area contributed by atoms with E-state index < -0.39 is 5.54 Å². The number of carbonyl (C=O) groups is 1. The third kappa shape index (κ3) is 3.90. The van der Waals surface area contributed by atoms with Crippen LogP contribution in [0.3, 0.4) is 0 Å². The van der Waals surface area contributed by atoms with Gasteiger partial charge in [-0.3, -0.25) is 9.69 Å². The summed E-state index contributed by atoms with van der Waals surface area (Å²) in [5, 5.41) is 14.7. The van der Waals surface area contributed by atoms with Crippen LogP contribution in [0.1, 0.15) is 47.7 Å². The Morgan fingerprint density at radius 2 is 2.03 bits per heavy atom. The summed E-state index contributed by atoms with van der Waals surface area (Å²) in [5.74, 6) is 1.34. The maximum atomic E-state index is 12.9. The molecule has 1 aromatic heterocycles. The lowest BCUT2D eigenvalue weighted by Gasteiger charge is -2.37. The first-order chi connectivity index (χ1) is 14.6. The molecule has 1 fully saturated rings. The molecular formula is C23H27N3O3S. The molecule has 1 atom stereocenters. The van der Waals surface area contributed by atoms with Crippen molar-refractivity contribution in [2.75, 3.05) is 27.3 Å². The van der Waals surface area contributed by atoms with Gasteiger partial charge in [0.25, 0.3) is 0 Å². The Morgan fingerprint density at radius 3 is 2.67 bits per heavy atom. The Bertz CT molecular complexity index is 945. The van der Waals surface area contributed by atoms with Crippen molar-refractivity contribution < 1.29 is 14.3 Å². The zero-order valence-corrected chi connectivity index (χ0v) is 18.3. The average Bonchev–Trinajstić information content (AvgIpc) is 3.45. The van der Waals surface area contributed by atoms with Gasteiger partial charge in [-0.25, -0.2) is 0 Å². The van der Waals surface area contributed by atoms with Crippen molar-refractivity contribution in [3.63, 3.8) is 0 Å². The second kappa shape index (κ2) is 8.66. The maximum Gasteiger partial charge on any atom is 0.235 e. The summed E-state index contributed by atoms with van der Waals surface area (Å²) in [6.07, 6.45) is 4.29. The molecule has 1 aliphatic carbocycles. The molecule has 2 aromatic rings. The first-order valence-electron chi connectivity index (χ1n) is 10.3. The van der Waals surface area contributed by atoms with Crippen LogP contribution in [0.4, 0.5) is 0 Å². The number of carbonyl (C=O) groups excluding carboxylic acids is 1. The van der Waals surface area contributed by atoms with Crippen molar-refractivity contribution in [1.82, 2.24) is 10.2 Å². The van der Waals surface area contributed by atoms with Crippen LogP contribution in [0.5, 0.6) is 11.5 Å². The highest BCUT2D eigenvalue weighted by atomic mass is 32.1. The molecule has 6 nitrogen and oxygen atoms in total. The summed E-state index contributed by atoms with van der Waals surface area (Å²) >= 11 is 1.69. The zero-order chi connectivity index (χ0) is 21.1. The van der Waals surface area contributed by atoms with E-state index in [9.17, 15) is 10.1 Å². The van der Waals surface area contributed by atoms with Gasteiger partial charge in [-0.1, -0.05) is 6.07 Å². The van der Waals surface area contributed by atoms with Gasteiger partial charge in [-0.05, 0) is 66.8 Å². The molecule has 0 bridgehead atoms. The Labute approximate surface area is 181 Å². The van der Waals surface area contributed by atoms with Crippen LogP contribution in [0.2, 0.25) is 0 Å². The van der Waals surface area contributed by atoms with Crippen LogP contribution in [-0.4, -0.2) is 43.7 Å². The smallest absolute Gasteiger partial charge is 0.235 e. The third-order valence-electron chi connectivity index (χ3n) is 6.18. The Balaban J connectivity index is 1.63. The fraction of sp³-hybridized carbons (Fsp3) is 0.478. The number of benzene rings is 1. The number of thiophene rings is 1. The van der Waals surface area contributed by atoms with Gasteiger partial charge in [-0.15, -0.1) is 11.3 Å². The number of hydrogen-bond donors (Lipinski definition) is 1. The topological polar surface area (TPSA) is 74.6 Å². The number of amides is 1. The highest BCUT2D eigenvalue weighted by Crippen LogP contribution is 2.42. The van der Waals surface area contributed by atoms with Gasteiger partial charge in [-0.2, -0.15) is 5.26 Å². The lowest BCUT2D eigenvalue weighted by Crippen LogP contribution is -2.50. The molecule has 1 saturated carbocycles. The highest BCUT2D eigenvalue weighted by Gasteiger charge is 2.37. The molecule has 2 heterocycles. The second-order valence-corrected chi connectivity index (χ2v) is 8.97. The largest absolute Gasteiger partial charge is 0.493 e. The SMILES string of the molecule is COc1cc2c(cc1OC)[C@@H](c1cccs1)N(CC(=O)NC1(C#N)CCCC1)CC2. The Kier molecular flexibility index (Phi) is 5.98. The van der Waals surface area contributed by atoms with Crippen LogP contribution in [0.15, 0.2) is 29.6 Å². The summed E-state index contributed by atoms with van der Waals surface area (Å²) in [6.45, 7) is 1.03. The van der Waals surface area contributed by atoms with E-state index in [1.807, 2.05) is 12.1 Å². The number of methoxy groups -OCH3 is 2. The number of fused-ring (bicyclic) bond motifs is 1. The molecule has 4 rings (SSSR count). The van der Waals surface area contributed by atoms with E-state index in [4.69, 9.17) is 9.47 Å². The lowest BCUT2D eigenvalue weighted by molar-refractivity contribution is -0.124. The number of ether oxygens (including phenoxy) is 2. The van der Waals surface area contributed by atoms with Gasteiger partial charge in [0.2, 0.25) is 5.91 Å². The molecule has 158 valence electrons. The van der Waals surface area contributed by atoms with Crippen molar-refractivity contribution >= 4 is 17.2 Å². The predicted octanol–water partition coefficient (Wildman–Crippen LogP) is 3.67. The second-order valence-electron chi connectivity index (χ2n) is 7.99. The normalized spacial score (nSPS) is 20.2. The number of nitriles is 1. The minimum Gasteiger partial charge on any atom is -0.493 e. The van der Waals surface area contributed by atoms with E-state index in [0.717, 1.165) is 50.0 Å². The van der Waals surface area contributed by atoms with Gasteiger partial charge in [0.15, 0.2) is 11.5 Å². The van der Waals surface area contributed by atoms with Gasteiger partial charge in [0.05, 0.1) is 32.9 Å². The highest BCUT2D eigenvalue weighted by molar-refractivity contribution is 7.10. The van der Waals surface area contributed by atoms with Gasteiger partial charge >= 0.3 is 0 Å². The molecule has 1 N–H and O–H groups in total. The quantitative estimate of drug-likeness (QED) is 0.764. The zero-order valence-electron chi connectivity index (χ0n) is 17.4. The van der Waals surface area contributed by atoms with Gasteiger partial charge in [0.1, 0.15) is 5.54 Å². The molecule has 0 spiro atoms. The number of nitrogens with zero attached hydrogens (tertiary/aromatic N) is 2. The maximum absolute atomic E-state index is 12.9. The summed E-state index contributed by atoms with van der Waals surface area (Å²) in [7, 11) is 3.29. The molecule has 1 aromatic carbocycles. The monoisotopic (exact) mass is 425 g/mol. The number of hydrogen-bond acceptors (Lipinski definition) is 6.